The van der Waals surface area contributed by atoms with Crippen LogP contribution < -0.4 is 0 Å². The van der Waals surface area contributed by atoms with Crippen LogP contribution in [0.1, 0.15) is 31.7 Å². The van der Waals surface area contributed by atoms with Crippen LogP contribution in [0.5, 0.6) is 0 Å². The zero-order valence-corrected chi connectivity index (χ0v) is 14.5. The van der Waals surface area contributed by atoms with Gasteiger partial charge in [0, 0.05) is 39.3 Å². The van der Waals surface area contributed by atoms with Crippen molar-refractivity contribution in [3.8, 4) is 0 Å². The van der Waals surface area contributed by atoms with Crippen LogP contribution in [-0.2, 0) is 16.1 Å². The van der Waals surface area contributed by atoms with Crippen molar-refractivity contribution in [3.05, 3.63) is 35.9 Å². The van der Waals surface area contributed by atoms with E-state index < -0.39 is 0 Å². The van der Waals surface area contributed by atoms with Crippen LogP contribution in [0.2, 0.25) is 0 Å². The average molecular weight is 329 g/mol. The molecule has 0 bridgehead atoms. The van der Waals surface area contributed by atoms with Crippen LogP contribution in [0, 0.1) is 0 Å². The quantitative estimate of drug-likeness (QED) is 0.746. The normalized spacial score (nSPS) is 23.2. The lowest BCUT2D eigenvalue weighted by molar-refractivity contribution is -0.140. The molecule has 2 aliphatic heterocycles. The Balaban J connectivity index is 1.51. The summed E-state index contributed by atoms with van der Waals surface area (Å²) in [5, 5.41) is 0. The van der Waals surface area contributed by atoms with E-state index in [1.807, 2.05) is 6.07 Å². The molecule has 0 unspecified atom stereocenters. The smallest absolute Gasteiger partial charge is 0.247 e. The van der Waals surface area contributed by atoms with Gasteiger partial charge in [-0.05, 0) is 12.0 Å². The first kappa shape index (κ1) is 17.1. The number of hydrogen-bond donors (Lipinski definition) is 0. The number of hydrogen-bond acceptors (Lipinski definition) is 4. The van der Waals surface area contributed by atoms with E-state index >= 15 is 0 Å². The molecule has 0 spiro atoms. The van der Waals surface area contributed by atoms with Crippen molar-refractivity contribution >= 4 is 11.8 Å². The van der Waals surface area contributed by atoms with E-state index in [4.69, 9.17) is 0 Å². The summed E-state index contributed by atoms with van der Waals surface area (Å²) in [5.74, 6) is 0.0233. The van der Waals surface area contributed by atoms with Gasteiger partial charge in [0.15, 0.2) is 0 Å². The van der Waals surface area contributed by atoms with Crippen molar-refractivity contribution in [3.63, 3.8) is 0 Å². The number of amides is 2. The van der Waals surface area contributed by atoms with Gasteiger partial charge < -0.3 is 0 Å². The number of benzene rings is 1. The number of piperazine rings is 1. The number of unbranched alkanes of at least 4 members (excludes halogenated alkanes) is 1. The van der Waals surface area contributed by atoms with Crippen molar-refractivity contribution < 1.29 is 9.59 Å². The number of nitrogens with zero attached hydrogens (tertiary/aromatic N) is 3. The highest BCUT2D eigenvalue weighted by Crippen LogP contribution is 2.21. The molecule has 5 heteroatoms. The summed E-state index contributed by atoms with van der Waals surface area (Å²) < 4.78 is 0. The highest BCUT2D eigenvalue weighted by atomic mass is 16.2. The number of imide groups is 1. The first-order chi connectivity index (χ1) is 11.7. The molecule has 1 atom stereocenters. The summed E-state index contributed by atoms with van der Waals surface area (Å²) >= 11 is 0. The van der Waals surface area contributed by atoms with Crippen LogP contribution in [0.15, 0.2) is 30.3 Å². The molecule has 0 N–H and O–H groups in total. The maximum absolute atomic E-state index is 12.5. The summed E-state index contributed by atoms with van der Waals surface area (Å²) in [7, 11) is 0. The van der Waals surface area contributed by atoms with E-state index in [1.54, 1.807) is 0 Å². The third-order valence-electron chi connectivity index (χ3n) is 5.05. The van der Waals surface area contributed by atoms with E-state index in [0.717, 1.165) is 45.6 Å². The molecule has 0 saturated carbocycles. The predicted molar refractivity (Wildman–Crippen MR) is 93.3 cm³/mol. The first-order valence-corrected chi connectivity index (χ1v) is 9.03. The fourth-order valence-corrected chi connectivity index (χ4v) is 3.58. The van der Waals surface area contributed by atoms with Gasteiger partial charge in [-0.25, -0.2) is 0 Å². The van der Waals surface area contributed by atoms with E-state index in [1.165, 1.54) is 10.5 Å². The lowest BCUT2D eigenvalue weighted by Gasteiger charge is -2.37. The molecular weight excluding hydrogens is 302 g/mol. The summed E-state index contributed by atoms with van der Waals surface area (Å²) in [5.41, 5.74) is 1.32. The highest BCUT2D eigenvalue weighted by molar-refractivity contribution is 6.05. The second-order valence-electron chi connectivity index (χ2n) is 6.75. The Morgan fingerprint density at radius 2 is 1.75 bits per heavy atom. The molecule has 2 aliphatic rings. The molecule has 2 saturated heterocycles. The van der Waals surface area contributed by atoms with Gasteiger partial charge in [0.05, 0.1) is 12.5 Å². The Morgan fingerprint density at radius 1 is 1.04 bits per heavy atom. The van der Waals surface area contributed by atoms with Crippen molar-refractivity contribution in [2.75, 3.05) is 32.7 Å². The first-order valence-electron chi connectivity index (χ1n) is 9.03. The molecule has 1 aromatic rings. The molecule has 24 heavy (non-hydrogen) atoms. The molecule has 2 heterocycles. The Hall–Kier alpha value is -1.72. The summed E-state index contributed by atoms with van der Waals surface area (Å²) in [4.78, 5) is 30.8. The van der Waals surface area contributed by atoms with E-state index in [0.29, 0.717) is 13.0 Å². The minimum absolute atomic E-state index is 0.00478. The average Bonchev–Trinajstić information content (AvgIpc) is 2.89. The van der Waals surface area contributed by atoms with Crippen molar-refractivity contribution in [1.82, 2.24) is 14.7 Å². The van der Waals surface area contributed by atoms with Crippen LogP contribution in [-0.4, -0.2) is 65.3 Å². The monoisotopic (exact) mass is 329 g/mol. The van der Waals surface area contributed by atoms with Crippen LogP contribution in [0.3, 0.4) is 0 Å². The number of rotatable bonds is 6. The second kappa shape index (κ2) is 7.90. The summed E-state index contributed by atoms with van der Waals surface area (Å²) in [6.07, 6.45) is 2.26. The molecule has 2 amide bonds. The highest BCUT2D eigenvalue weighted by Gasteiger charge is 2.42. The lowest BCUT2D eigenvalue weighted by Crippen LogP contribution is -2.52. The molecule has 130 valence electrons. The van der Waals surface area contributed by atoms with E-state index in [-0.39, 0.29) is 17.9 Å². The van der Waals surface area contributed by atoms with Gasteiger partial charge in [0.1, 0.15) is 0 Å². The van der Waals surface area contributed by atoms with Crippen LogP contribution in [0.4, 0.5) is 0 Å². The zero-order valence-electron chi connectivity index (χ0n) is 14.5. The minimum atomic E-state index is -0.228. The van der Waals surface area contributed by atoms with Gasteiger partial charge in [-0.3, -0.25) is 24.3 Å². The lowest BCUT2D eigenvalue weighted by atomic mass is 10.1. The van der Waals surface area contributed by atoms with Crippen molar-refractivity contribution in [2.24, 2.45) is 0 Å². The Bertz CT molecular complexity index is 567. The van der Waals surface area contributed by atoms with Gasteiger partial charge >= 0.3 is 0 Å². The van der Waals surface area contributed by atoms with Gasteiger partial charge in [0.25, 0.3) is 0 Å². The van der Waals surface area contributed by atoms with Crippen molar-refractivity contribution in [2.45, 2.75) is 38.8 Å². The molecule has 1 aromatic carbocycles. The summed E-state index contributed by atoms with van der Waals surface area (Å²) in [6, 6.07) is 10.2. The van der Waals surface area contributed by atoms with E-state index in [9.17, 15) is 9.59 Å². The zero-order chi connectivity index (χ0) is 16.9. The topological polar surface area (TPSA) is 43.9 Å². The van der Waals surface area contributed by atoms with E-state index in [2.05, 4.69) is 41.0 Å². The third-order valence-corrected chi connectivity index (χ3v) is 5.05. The van der Waals surface area contributed by atoms with Crippen LogP contribution in [0.25, 0.3) is 0 Å². The molecule has 2 fully saturated rings. The Kier molecular flexibility index (Phi) is 5.63. The Labute approximate surface area is 144 Å². The molecule has 0 radical (unpaired) electrons. The number of carbonyl (C=O) groups is 2. The van der Waals surface area contributed by atoms with Gasteiger partial charge in [0.2, 0.25) is 11.8 Å². The standard InChI is InChI=1S/C19H27N3O2/c1-2-3-9-22-18(23)14-17(19(22)24)21-12-10-20(11-13-21)15-16-7-5-4-6-8-16/h4-8,17H,2-3,9-15H2,1H3/t17-/m0/s1. The fraction of sp³-hybridized carbons (Fsp3) is 0.579. The minimum Gasteiger partial charge on any atom is -0.297 e. The number of carbonyl (C=O) groups excluding carboxylic acids is 2. The Morgan fingerprint density at radius 3 is 2.42 bits per heavy atom. The third kappa shape index (κ3) is 3.84. The largest absolute Gasteiger partial charge is 0.297 e. The SMILES string of the molecule is CCCCN1C(=O)C[C@H](N2CCN(Cc3ccccc3)CC2)C1=O. The van der Waals surface area contributed by atoms with Gasteiger partial charge in [-0.1, -0.05) is 43.7 Å². The predicted octanol–water partition coefficient (Wildman–Crippen LogP) is 1.73. The fourth-order valence-electron chi connectivity index (χ4n) is 3.58. The second-order valence-corrected chi connectivity index (χ2v) is 6.75. The molecule has 0 aromatic heterocycles. The van der Waals surface area contributed by atoms with Crippen molar-refractivity contribution in [1.29, 1.82) is 0 Å². The maximum atomic E-state index is 12.5. The van der Waals surface area contributed by atoms with Gasteiger partial charge in [-0.15, -0.1) is 0 Å². The molecule has 5 nitrogen and oxygen atoms in total. The molecular formula is C19H27N3O2. The molecule has 0 aliphatic carbocycles. The number of likely N-dealkylation sites (tertiary alicyclic amines) is 1. The van der Waals surface area contributed by atoms with Gasteiger partial charge in [-0.2, -0.15) is 0 Å². The maximum Gasteiger partial charge on any atom is 0.247 e. The molecule has 3 rings (SSSR count). The van der Waals surface area contributed by atoms with Crippen LogP contribution >= 0.6 is 0 Å². The summed E-state index contributed by atoms with van der Waals surface area (Å²) in [6.45, 7) is 7.22.